The summed E-state index contributed by atoms with van der Waals surface area (Å²) in [7, 11) is 1.43. The number of esters is 1. The number of methoxy groups -OCH3 is 1. The Morgan fingerprint density at radius 1 is 1.57 bits per heavy atom. The van der Waals surface area contributed by atoms with Gasteiger partial charge in [0, 0.05) is 17.5 Å². The van der Waals surface area contributed by atoms with Crippen molar-refractivity contribution < 1.29 is 9.53 Å². The first-order chi connectivity index (χ1) is 6.70. The Labute approximate surface area is 91.0 Å². The molecule has 14 heavy (non-hydrogen) atoms. The molecule has 0 aliphatic rings. The fourth-order valence-corrected chi connectivity index (χ4v) is 1.92. The average molecular weight is 219 g/mol. The SMILES string of the molecule is CCCNC(C)CSCCC(=O)OC. The van der Waals surface area contributed by atoms with Crippen LogP contribution in [0.25, 0.3) is 0 Å². The van der Waals surface area contributed by atoms with Gasteiger partial charge in [0.05, 0.1) is 13.5 Å². The van der Waals surface area contributed by atoms with Gasteiger partial charge in [-0.2, -0.15) is 11.8 Å². The highest BCUT2D eigenvalue weighted by Gasteiger charge is 2.02. The quantitative estimate of drug-likeness (QED) is 0.498. The molecule has 0 rings (SSSR count). The van der Waals surface area contributed by atoms with Gasteiger partial charge >= 0.3 is 5.97 Å². The van der Waals surface area contributed by atoms with E-state index in [0.717, 1.165) is 24.5 Å². The molecule has 0 saturated carbocycles. The highest BCUT2D eigenvalue weighted by Crippen LogP contribution is 2.05. The van der Waals surface area contributed by atoms with E-state index >= 15 is 0 Å². The summed E-state index contributed by atoms with van der Waals surface area (Å²) < 4.78 is 4.55. The summed E-state index contributed by atoms with van der Waals surface area (Å²) in [5.74, 6) is 1.79. The summed E-state index contributed by atoms with van der Waals surface area (Å²) in [5.41, 5.74) is 0. The number of ether oxygens (including phenoxy) is 1. The van der Waals surface area contributed by atoms with E-state index in [9.17, 15) is 4.79 Å². The minimum absolute atomic E-state index is 0.119. The maximum atomic E-state index is 10.8. The van der Waals surface area contributed by atoms with Crippen LogP contribution >= 0.6 is 11.8 Å². The van der Waals surface area contributed by atoms with Crippen molar-refractivity contribution in [1.82, 2.24) is 5.32 Å². The van der Waals surface area contributed by atoms with Gasteiger partial charge in [0.2, 0.25) is 0 Å². The third-order valence-electron chi connectivity index (χ3n) is 1.79. The molecule has 84 valence electrons. The first-order valence-electron chi connectivity index (χ1n) is 5.08. The molecule has 1 N–H and O–H groups in total. The Balaban J connectivity index is 3.22. The molecule has 1 unspecified atom stereocenters. The van der Waals surface area contributed by atoms with E-state index in [4.69, 9.17) is 0 Å². The van der Waals surface area contributed by atoms with E-state index in [1.54, 1.807) is 11.8 Å². The van der Waals surface area contributed by atoms with Gasteiger partial charge in [0.1, 0.15) is 0 Å². The molecule has 0 saturated heterocycles. The van der Waals surface area contributed by atoms with Gasteiger partial charge in [0.15, 0.2) is 0 Å². The Morgan fingerprint density at radius 2 is 2.29 bits per heavy atom. The predicted molar refractivity (Wildman–Crippen MR) is 61.7 cm³/mol. The molecule has 0 amide bonds. The van der Waals surface area contributed by atoms with Crippen LogP contribution in [0.3, 0.4) is 0 Å². The number of hydrogen-bond acceptors (Lipinski definition) is 4. The van der Waals surface area contributed by atoms with Crippen molar-refractivity contribution in [3.8, 4) is 0 Å². The van der Waals surface area contributed by atoms with Gasteiger partial charge in [-0.05, 0) is 19.9 Å². The Kier molecular flexibility index (Phi) is 9.19. The summed E-state index contributed by atoms with van der Waals surface area (Å²) >= 11 is 1.79. The van der Waals surface area contributed by atoms with Gasteiger partial charge in [-0.3, -0.25) is 4.79 Å². The maximum Gasteiger partial charge on any atom is 0.306 e. The van der Waals surface area contributed by atoms with Crippen LogP contribution in [0.2, 0.25) is 0 Å². The lowest BCUT2D eigenvalue weighted by atomic mass is 10.3. The lowest BCUT2D eigenvalue weighted by Gasteiger charge is -2.11. The first kappa shape index (κ1) is 13.8. The zero-order chi connectivity index (χ0) is 10.8. The lowest BCUT2D eigenvalue weighted by molar-refractivity contribution is -0.140. The topological polar surface area (TPSA) is 38.3 Å². The van der Waals surface area contributed by atoms with Crippen molar-refractivity contribution in [3.05, 3.63) is 0 Å². The van der Waals surface area contributed by atoms with Crippen LogP contribution in [0.4, 0.5) is 0 Å². The lowest BCUT2D eigenvalue weighted by Crippen LogP contribution is -2.28. The smallest absolute Gasteiger partial charge is 0.306 e. The monoisotopic (exact) mass is 219 g/mol. The normalized spacial score (nSPS) is 12.5. The molecule has 3 nitrogen and oxygen atoms in total. The fourth-order valence-electron chi connectivity index (χ4n) is 0.967. The maximum absolute atomic E-state index is 10.8. The van der Waals surface area contributed by atoms with Crippen LogP contribution in [0.1, 0.15) is 26.7 Å². The zero-order valence-corrected chi connectivity index (χ0v) is 10.2. The molecule has 1 atom stereocenters. The molecule has 0 aromatic heterocycles. The Morgan fingerprint density at radius 3 is 2.86 bits per heavy atom. The highest BCUT2D eigenvalue weighted by molar-refractivity contribution is 7.99. The van der Waals surface area contributed by atoms with E-state index in [1.807, 2.05) is 0 Å². The third-order valence-corrected chi connectivity index (χ3v) is 3.02. The van der Waals surface area contributed by atoms with E-state index in [-0.39, 0.29) is 5.97 Å². The second kappa shape index (κ2) is 9.34. The summed E-state index contributed by atoms with van der Waals surface area (Å²) in [6.07, 6.45) is 1.68. The van der Waals surface area contributed by atoms with E-state index in [0.29, 0.717) is 12.5 Å². The molecular formula is C10H21NO2S. The van der Waals surface area contributed by atoms with Gasteiger partial charge in [-0.1, -0.05) is 6.92 Å². The van der Waals surface area contributed by atoms with Crippen molar-refractivity contribution in [2.75, 3.05) is 25.2 Å². The van der Waals surface area contributed by atoms with Crippen molar-refractivity contribution in [1.29, 1.82) is 0 Å². The van der Waals surface area contributed by atoms with Gasteiger partial charge in [-0.25, -0.2) is 0 Å². The number of hydrogen-bond donors (Lipinski definition) is 1. The second-order valence-electron chi connectivity index (χ2n) is 3.26. The summed E-state index contributed by atoms with van der Waals surface area (Å²) in [4.78, 5) is 10.8. The van der Waals surface area contributed by atoms with Gasteiger partial charge in [0.25, 0.3) is 0 Å². The van der Waals surface area contributed by atoms with Gasteiger partial charge in [-0.15, -0.1) is 0 Å². The molecule has 0 aliphatic carbocycles. The minimum Gasteiger partial charge on any atom is -0.469 e. The van der Waals surface area contributed by atoms with Crippen LogP contribution in [-0.2, 0) is 9.53 Å². The molecule has 0 bridgehead atoms. The molecular weight excluding hydrogens is 198 g/mol. The number of carbonyl (C=O) groups is 1. The van der Waals surface area contributed by atoms with Crippen molar-refractivity contribution in [3.63, 3.8) is 0 Å². The number of thioether (sulfide) groups is 1. The zero-order valence-electron chi connectivity index (χ0n) is 9.34. The molecule has 0 radical (unpaired) electrons. The summed E-state index contributed by atoms with van der Waals surface area (Å²) in [6.45, 7) is 5.39. The molecule has 4 heteroatoms. The van der Waals surface area contributed by atoms with Gasteiger partial charge < -0.3 is 10.1 Å². The van der Waals surface area contributed by atoms with E-state index < -0.39 is 0 Å². The second-order valence-corrected chi connectivity index (χ2v) is 4.41. The average Bonchev–Trinajstić information content (AvgIpc) is 2.21. The van der Waals surface area contributed by atoms with Crippen LogP contribution in [-0.4, -0.2) is 37.2 Å². The molecule has 0 aromatic carbocycles. The predicted octanol–water partition coefficient (Wildman–Crippen LogP) is 1.67. The summed E-state index contributed by atoms with van der Waals surface area (Å²) in [5, 5.41) is 3.40. The van der Waals surface area contributed by atoms with Crippen molar-refractivity contribution >= 4 is 17.7 Å². The standard InChI is InChI=1S/C10H21NO2S/c1-4-6-11-9(2)8-14-7-5-10(12)13-3/h9,11H,4-8H2,1-3H3. The molecule has 0 aliphatic heterocycles. The number of nitrogens with one attached hydrogen (secondary N) is 1. The van der Waals surface area contributed by atoms with Crippen molar-refractivity contribution in [2.45, 2.75) is 32.7 Å². The third kappa shape index (κ3) is 8.38. The van der Waals surface area contributed by atoms with E-state index in [2.05, 4.69) is 23.9 Å². The van der Waals surface area contributed by atoms with Crippen LogP contribution < -0.4 is 5.32 Å². The molecule has 0 aromatic rings. The number of carbonyl (C=O) groups excluding carboxylic acids is 1. The Bertz CT molecular complexity index is 153. The number of rotatable bonds is 8. The summed E-state index contributed by atoms with van der Waals surface area (Å²) in [6, 6.07) is 0.526. The van der Waals surface area contributed by atoms with E-state index in [1.165, 1.54) is 7.11 Å². The molecule has 0 spiro atoms. The first-order valence-corrected chi connectivity index (χ1v) is 6.24. The Hall–Kier alpha value is -0.220. The van der Waals surface area contributed by atoms with Crippen LogP contribution in [0, 0.1) is 0 Å². The highest BCUT2D eigenvalue weighted by atomic mass is 32.2. The minimum atomic E-state index is -0.119. The fraction of sp³-hybridized carbons (Fsp3) is 0.900. The van der Waals surface area contributed by atoms with Crippen molar-refractivity contribution in [2.24, 2.45) is 0 Å². The van der Waals surface area contributed by atoms with Crippen LogP contribution in [0.15, 0.2) is 0 Å². The largest absolute Gasteiger partial charge is 0.469 e. The molecule has 0 fully saturated rings. The van der Waals surface area contributed by atoms with Crippen LogP contribution in [0.5, 0.6) is 0 Å². The molecule has 0 heterocycles.